The van der Waals surface area contributed by atoms with Crippen LogP contribution in [0.25, 0.3) is 0 Å². The second kappa shape index (κ2) is 5.50. The van der Waals surface area contributed by atoms with Crippen molar-refractivity contribution < 1.29 is 4.74 Å². The number of nitrogens with two attached hydrogens (primary N) is 1. The molecule has 1 saturated heterocycles. The van der Waals surface area contributed by atoms with Crippen LogP contribution < -0.4 is 10.6 Å². The standard InChI is InChI=1S/C12H22N4OS/c1-4-5-10-14-11(18-15-10)16-7-9(6-13)17-12(2,3)8-16/h9H,4-8,13H2,1-3H3. The Kier molecular flexibility index (Phi) is 4.19. The van der Waals surface area contributed by atoms with E-state index in [0.717, 1.165) is 36.9 Å². The van der Waals surface area contributed by atoms with E-state index in [4.69, 9.17) is 10.5 Å². The fourth-order valence-electron chi connectivity index (χ4n) is 2.26. The Hall–Kier alpha value is -0.720. The van der Waals surface area contributed by atoms with Gasteiger partial charge in [-0.1, -0.05) is 6.92 Å². The third-order valence-corrected chi connectivity index (χ3v) is 3.76. The van der Waals surface area contributed by atoms with E-state index in [9.17, 15) is 0 Å². The van der Waals surface area contributed by atoms with Crippen molar-refractivity contribution in [3.05, 3.63) is 5.82 Å². The third-order valence-electron chi connectivity index (χ3n) is 2.95. The molecule has 2 heterocycles. The fraction of sp³-hybridized carbons (Fsp3) is 0.833. The van der Waals surface area contributed by atoms with Crippen molar-refractivity contribution in [2.75, 3.05) is 24.5 Å². The number of ether oxygens (including phenoxy) is 1. The first-order valence-electron chi connectivity index (χ1n) is 6.49. The maximum atomic E-state index is 5.92. The van der Waals surface area contributed by atoms with Gasteiger partial charge in [-0.15, -0.1) is 0 Å². The summed E-state index contributed by atoms with van der Waals surface area (Å²) in [7, 11) is 0. The highest BCUT2D eigenvalue weighted by molar-refractivity contribution is 7.09. The summed E-state index contributed by atoms with van der Waals surface area (Å²) in [5.74, 6) is 0.950. The lowest BCUT2D eigenvalue weighted by Gasteiger charge is -2.42. The average molecular weight is 270 g/mol. The number of anilines is 1. The van der Waals surface area contributed by atoms with Gasteiger partial charge in [-0.2, -0.15) is 4.37 Å². The number of rotatable bonds is 4. The van der Waals surface area contributed by atoms with Crippen molar-refractivity contribution in [2.45, 2.75) is 45.3 Å². The average Bonchev–Trinajstić information content (AvgIpc) is 2.76. The van der Waals surface area contributed by atoms with Gasteiger partial charge in [0.1, 0.15) is 5.82 Å². The predicted molar refractivity (Wildman–Crippen MR) is 74.1 cm³/mol. The molecule has 2 rings (SSSR count). The highest BCUT2D eigenvalue weighted by Gasteiger charge is 2.34. The van der Waals surface area contributed by atoms with Crippen LogP contribution in [0.1, 0.15) is 33.0 Å². The van der Waals surface area contributed by atoms with Crippen molar-refractivity contribution in [3.63, 3.8) is 0 Å². The summed E-state index contributed by atoms with van der Waals surface area (Å²) in [4.78, 5) is 6.84. The van der Waals surface area contributed by atoms with E-state index in [2.05, 4.69) is 35.0 Å². The highest BCUT2D eigenvalue weighted by Crippen LogP contribution is 2.27. The zero-order valence-corrected chi connectivity index (χ0v) is 12.2. The van der Waals surface area contributed by atoms with Gasteiger partial charge in [0.05, 0.1) is 11.7 Å². The van der Waals surface area contributed by atoms with Gasteiger partial charge < -0.3 is 15.4 Å². The molecule has 0 spiro atoms. The van der Waals surface area contributed by atoms with Crippen LogP contribution in [-0.4, -0.2) is 40.7 Å². The molecule has 1 fully saturated rings. The molecule has 5 nitrogen and oxygen atoms in total. The summed E-state index contributed by atoms with van der Waals surface area (Å²) in [5.41, 5.74) is 5.55. The largest absolute Gasteiger partial charge is 0.367 e. The van der Waals surface area contributed by atoms with Crippen molar-refractivity contribution in [3.8, 4) is 0 Å². The Bertz CT molecular complexity index is 393. The van der Waals surface area contributed by atoms with Crippen LogP contribution in [0.4, 0.5) is 5.13 Å². The number of aromatic nitrogens is 2. The molecule has 2 N–H and O–H groups in total. The van der Waals surface area contributed by atoms with E-state index in [0.29, 0.717) is 6.54 Å². The summed E-state index contributed by atoms with van der Waals surface area (Å²) in [6.07, 6.45) is 2.10. The Morgan fingerprint density at radius 1 is 1.56 bits per heavy atom. The van der Waals surface area contributed by atoms with Gasteiger partial charge in [0.2, 0.25) is 5.13 Å². The smallest absolute Gasteiger partial charge is 0.205 e. The summed E-state index contributed by atoms with van der Waals surface area (Å²) in [5, 5.41) is 0.994. The van der Waals surface area contributed by atoms with Gasteiger partial charge in [0.25, 0.3) is 0 Å². The maximum Gasteiger partial charge on any atom is 0.205 e. The minimum absolute atomic E-state index is 0.0762. The minimum Gasteiger partial charge on any atom is -0.367 e. The molecule has 18 heavy (non-hydrogen) atoms. The second-order valence-corrected chi connectivity index (χ2v) is 6.09. The number of aryl methyl sites for hydroxylation is 1. The quantitative estimate of drug-likeness (QED) is 0.896. The summed E-state index contributed by atoms with van der Waals surface area (Å²) in [6, 6.07) is 0. The van der Waals surface area contributed by atoms with Crippen LogP contribution in [-0.2, 0) is 11.2 Å². The van der Waals surface area contributed by atoms with E-state index in [1.807, 2.05) is 0 Å². The Labute approximate surface area is 113 Å². The first-order valence-corrected chi connectivity index (χ1v) is 7.27. The first kappa shape index (κ1) is 13.7. The minimum atomic E-state index is -0.182. The molecule has 0 bridgehead atoms. The Balaban J connectivity index is 2.10. The van der Waals surface area contributed by atoms with Gasteiger partial charge >= 0.3 is 0 Å². The van der Waals surface area contributed by atoms with Gasteiger partial charge in [-0.05, 0) is 20.3 Å². The van der Waals surface area contributed by atoms with Crippen LogP contribution in [0.5, 0.6) is 0 Å². The lowest BCUT2D eigenvalue weighted by atomic mass is 10.1. The molecule has 0 aromatic carbocycles. The monoisotopic (exact) mass is 270 g/mol. The summed E-state index contributed by atoms with van der Waals surface area (Å²) >= 11 is 1.48. The van der Waals surface area contributed by atoms with Gasteiger partial charge in [-0.25, -0.2) is 4.98 Å². The number of morpholine rings is 1. The fourth-order valence-corrected chi connectivity index (χ4v) is 2.98. The molecule has 1 unspecified atom stereocenters. The van der Waals surface area contributed by atoms with Crippen LogP contribution in [0.2, 0.25) is 0 Å². The topological polar surface area (TPSA) is 64.3 Å². The lowest BCUT2D eigenvalue weighted by molar-refractivity contribution is -0.0788. The van der Waals surface area contributed by atoms with Crippen LogP contribution in [0.3, 0.4) is 0 Å². The molecule has 1 aromatic rings. The number of hydrogen-bond acceptors (Lipinski definition) is 6. The SMILES string of the molecule is CCCc1nsc(N2CC(CN)OC(C)(C)C2)n1. The second-order valence-electron chi connectivity index (χ2n) is 5.36. The molecule has 1 aliphatic heterocycles. The van der Waals surface area contributed by atoms with Gasteiger partial charge in [-0.3, -0.25) is 0 Å². The van der Waals surface area contributed by atoms with E-state index in [1.54, 1.807) is 0 Å². The summed E-state index contributed by atoms with van der Waals surface area (Å²) in [6.45, 7) is 8.51. The Morgan fingerprint density at radius 2 is 2.33 bits per heavy atom. The first-order chi connectivity index (χ1) is 8.54. The summed E-state index contributed by atoms with van der Waals surface area (Å²) < 4.78 is 10.3. The van der Waals surface area contributed by atoms with Gasteiger partial charge in [0.15, 0.2) is 0 Å². The van der Waals surface area contributed by atoms with Crippen LogP contribution in [0.15, 0.2) is 0 Å². The molecule has 1 aliphatic rings. The molecular weight excluding hydrogens is 248 g/mol. The number of nitrogens with zero attached hydrogens (tertiary/aromatic N) is 3. The molecular formula is C12H22N4OS. The lowest BCUT2D eigenvalue weighted by Crippen LogP contribution is -2.54. The van der Waals surface area contributed by atoms with Crippen LogP contribution in [0, 0.1) is 0 Å². The molecule has 0 amide bonds. The van der Waals surface area contributed by atoms with Crippen molar-refractivity contribution in [1.29, 1.82) is 0 Å². The predicted octanol–water partition coefficient (Wildman–Crippen LogP) is 1.43. The van der Waals surface area contributed by atoms with Crippen LogP contribution >= 0.6 is 11.5 Å². The van der Waals surface area contributed by atoms with Crippen molar-refractivity contribution in [2.24, 2.45) is 5.73 Å². The Morgan fingerprint density at radius 3 is 3.00 bits per heavy atom. The van der Waals surface area contributed by atoms with E-state index in [-0.39, 0.29) is 11.7 Å². The van der Waals surface area contributed by atoms with E-state index >= 15 is 0 Å². The highest BCUT2D eigenvalue weighted by atomic mass is 32.1. The molecule has 102 valence electrons. The molecule has 1 aromatic heterocycles. The zero-order chi connectivity index (χ0) is 13.2. The molecule has 0 saturated carbocycles. The maximum absolute atomic E-state index is 5.92. The third kappa shape index (κ3) is 3.18. The number of hydrogen-bond donors (Lipinski definition) is 1. The molecule has 0 aliphatic carbocycles. The van der Waals surface area contributed by atoms with Crippen molar-refractivity contribution in [1.82, 2.24) is 9.36 Å². The van der Waals surface area contributed by atoms with E-state index in [1.165, 1.54) is 11.5 Å². The van der Waals surface area contributed by atoms with Gasteiger partial charge in [0, 0.05) is 37.6 Å². The molecule has 1 atom stereocenters. The normalized spacial score (nSPS) is 23.3. The zero-order valence-electron chi connectivity index (χ0n) is 11.3. The molecule has 0 radical (unpaired) electrons. The van der Waals surface area contributed by atoms with Crippen molar-refractivity contribution >= 4 is 16.7 Å². The van der Waals surface area contributed by atoms with E-state index < -0.39 is 0 Å². The molecule has 6 heteroatoms.